The average Bonchev–Trinajstić information content (AvgIpc) is 2.67. The van der Waals surface area contributed by atoms with Crippen LogP contribution in [0.2, 0.25) is 0 Å². The minimum Gasteiger partial charge on any atom is -0.384 e. The molecular weight excluding hydrogens is 260 g/mol. The Hall–Kier alpha value is -1.34. The Bertz CT molecular complexity index is 503. The minimum atomic E-state index is -0.0827. The SMILES string of the molecule is CCC1CN(C)CCCN1Cc1cccc(C#CCO)c1. The molecule has 1 fully saturated rings. The first kappa shape index (κ1) is 16.0. The molecule has 0 aliphatic carbocycles. The van der Waals surface area contributed by atoms with Gasteiger partial charge >= 0.3 is 0 Å². The zero-order chi connectivity index (χ0) is 15.1. The molecule has 1 unspecified atom stereocenters. The zero-order valence-electron chi connectivity index (χ0n) is 13.2. The van der Waals surface area contributed by atoms with Crippen LogP contribution >= 0.6 is 0 Å². The monoisotopic (exact) mass is 286 g/mol. The third-order valence-corrected chi connectivity index (χ3v) is 4.12. The third kappa shape index (κ3) is 4.86. The van der Waals surface area contributed by atoms with Crippen LogP contribution in [0.25, 0.3) is 0 Å². The summed E-state index contributed by atoms with van der Waals surface area (Å²) in [6.07, 6.45) is 2.42. The first-order valence-electron chi connectivity index (χ1n) is 7.84. The summed E-state index contributed by atoms with van der Waals surface area (Å²) in [5, 5.41) is 8.79. The predicted octanol–water partition coefficient (Wildman–Crippen LogP) is 1.95. The van der Waals surface area contributed by atoms with Crippen LogP contribution < -0.4 is 0 Å². The van der Waals surface area contributed by atoms with Crippen molar-refractivity contribution in [2.75, 3.05) is 33.3 Å². The molecule has 0 spiro atoms. The lowest BCUT2D eigenvalue weighted by Crippen LogP contribution is -2.39. The van der Waals surface area contributed by atoms with Gasteiger partial charge in [0.2, 0.25) is 0 Å². The van der Waals surface area contributed by atoms with Crippen LogP contribution in [0.1, 0.15) is 30.9 Å². The highest BCUT2D eigenvalue weighted by molar-refractivity contribution is 5.37. The molecule has 1 N–H and O–H groups in total. The number of likely N-dealkylation sites (N-methyl/N-ethyl adjacent to an activating group) is 1. The van der Waals surface area contributed by atoms with Crippen molar-refractivity contribution in [3.05, 3.63) is 35.4 Å². The summed E-state index contributed by atoms with van der Waals surface area (Å²) in [5.41, 5.74) is 2.30. The van der Waals surface area contributed by atoms with E-state index in [-0.39, 0.29) is 6.61 Å². The van der Waals surface area contributed by atoms with Crippen LogP contribution in [0.15, 0.2) is 24.3 Å². The van der Waals surface area contributed by atoms with E-state index in [1.165, 1.54) is 24.9 Å². The van der Waals surface area contributed by atoms with Gasteiger partial charge in [0.05, 0.1) is 0 Å². The maximum Gasteiger partial charge on any atom is 0.104 e. The lowest BCUT2D eigenvalue weighted by molar-refractivity contribution is 0.176. The maximum absolute atomic E-state index is 8.79. The second-order valence-corrected chi connectivity index (χ2v) is 5.81. The second kappa shape index (κ2) is 8.19. The standard InChI is InChI=1S/C18H26N2O/c1-3-18-15-19(2)10-6-11-20(18)14-17-8-4-7-16(13-17)9-5-12-21/h4,7-8,13,18,21H,3,6,10-12,14-15H2,1-2H3. The molecule has 0 saturated carbocycles. The van der Waals surface area contributed by atoms with Crippen molar-refractivity contribution in [1.82, 2.24) is 9.80 Å². The van der Waals surface area contributed by atoms with Gasteiger partial charge in [-0.3, -0.25) is 4.90 Å². The van der Waals surface area contributed by atoms with Crippen LogP contribution in [0.3, 0.4) is 0 Å². The average molecular weight is 286 g/mol. The fourth-order valence-corrected chi connectivity index (χ4v) is 3.01. The van der Waals surface area contributed by atoms with Gasteiger partial charge in [-0.15, -0.1) is 0 Å². The summed E-state index contributed by atoms with van der Waals surface area (Å²) < 4.78 is 0. The topological polar surface area (TPSA) is 26.7 Å². The van der Waals surface area contributed by atoms with Gasteiger partial charge in [0, 0.05) is 31.2 Å². The number of hydrogen-bond acceptors (Lipinski definition) is 3. The van der Waals surface area contributed by atoms with Crippen molar-refractivity contribution in [2.24, 2.45) is 0 Å². The Labute approximate surface area is 128 Å². The lowest BCUT2D eigenvalue weighted by Gasteiger charge is -2.30. The number of nitrogens with zero attached hydrogens (tertiary/aromatic N) is 2. The van der Waals surface area contributed by atoms with Crippen LogP contribution in [-0.4, -0.2) is 54.2 Å². The van der Waals surface area contributed by atoms with Gasteiger partial charge in [-0.05, 0) is 44.1 Å². The molecule has 3 nitrogen and oxygen atoms in total. The fourth-order valence-electron chi connectivity index (χ4n) is 3.01. The molecule has 0 bridgehead atoms. The molecule has 1 saturated heterocycles. The quantitative estimate of drug-likeness (QED) is 0.860. The molecule has 1 aliphatic rings. The van der Waals surface area contributed by atoms with Crippen molar-refractivity contribution in [1.29, 1.82) is 0 Å². The van der Waals surface area contributed by atoms with E-state index in [0.29, 0.717) is 6.04 Å². The fraction of sp³-hybridized carbons (Fsp3) is 0.556. The zero-order valence-corrected chi connectivity index (χ0v) is 13.2. The molecule has 0 amide bonds. The molecular formula is C18H26N2O. The summed E-state index contributed by atoms with van der Waals surface area (Å²) in [6, 6.07) is 9.00. The summed E-state index contributed by atoms with van der Waals surface area (Å²) in [6.45, 7) is 6.69. The molecule has 1 heterocycles. The van der Waals surface area contributed by atoms with Crippen LogP contribution in [0.5, 0.6) is 0 Å². The van der Waals surface area contributed by atoms with E-state index in [0.717, 1.165) is 25.2 Å². The highest BCUT2D eigenvalue weighted by Gasteiger charge is 2.21. The number of aliphatic hydroxyl groups excluding tert-OH is 1. The molecule has 1 atom stereocenters. The van der Waals surface area contributed by atoms with Gasteiger partial charge < -0.3 is 10.0 Å². The van der Waals surface area contributed by atoms with Crippen molar-refractivity contribution >= 4 is 0 Å². The number of hydrogen-bond donors (Lipinski definition) is 1. The Morgan fingerprint density at radius 1 is 1.33 bits per heavy atom. The van der Waals surface area contributed by atoms with Gasteiger partial charge in [-0.2, -0.15) is 0 Å². The van der Waals surface area contributed by atoms with Crippen LogP contribution in [0, 0.1) is 11.8 Å². The number of rotatable bonds is 3. The first-order chi connectivity index (χ1) is 10.2. The van der Waals surface area contributed by atoms with Crippen LogP contribution in [0.4, 0.5) is 0 Å². The lowest BCUT2D eigenvalue weighted by atomic mass is 10.1. The van der Waals surface area contributed by atoms with Crippen molar-refractivity contribution in [3.63, 3.8) is 0 Å². The number of benzene rings is 1. The molecule has 0 aromatic heterocycles. The van der Waals surface area contributed by atoms with Gasteiger partial charge in [-0.25, -0.2) is 0 Å². The van der Waals surface area contributed by atoms with Gasteiger partial charge in [-0.1, -0.05) is 30.9 Å². The van der Waals surface area contributed by atoms with E-state index < -0.39 is 0 Å². The second-order valence-electron chi connectivity index (χ2n) is 5.81. The molecule has 114 valence electrons. The first-order valence-corrected chi connectivity index (χ1v) is 7.84. The summed E-state index contributed by atoms with van der Waals surface area (Å²) in [7, 11) is 2.22. The normalized spacial score (nSPS) is 20.6. The molecule has 2 rings (SSSR count). The third-order valence-electron chi connectivity index (χ3n) is 4.12. The molecule has 21 heavy (non-hydrogen) atoms. The van der Waals surface area contributed by atoms with E-state index in [1.807, 2.05) is 6.07 Å². The van der Waals surface area contributed by atoms with E-state index in [1.54, 1.807) is 0 Å². The van der Waals surface area contributed by atoms with E-state index >= 15 is 0 Å². The summed E-state index contributed by atoms with van der Waals surface area (Å²) in [4.78, 5) is 5.04. The largest absolute Gasteiger partial charge is 0.384 e. The predicted molar refractivity (Wildman–Crippen MR) is 87.0 cm³/mol. The van der Waals surface area contributed by atoms with Gasteiger partial charge in [0.1, 0.15) is 6.61 Å². The summed E-state index contributed by atoms with van der Waals surface area (Å²) in [5.74, 6) is 5.71. The Morgan fingerprint density at radius 3 is 2.95 bits per heavy atom. The van der Waals surface area contributed by atoms with Crippen LogP contribution in [-0.2, 0) is 6.54 Å². The number of aliphatic hydroxyl groups is 1. The smallest absolute Gasteiger partial charge is 0.104 e. The van der Waals surface area contributed by atoms with Crippen molar-refractivity contribution in [3.8, 4) is 11.8 Å². The highest BCUT2D eigenvalue weighted by atomic mass is 16.2. The van der Waals surface area contributed by atoms with Crippen molar-refractivity contribution < 1.29 is 5.11 Å². The minimum absolute atomic E-state index is 0.0827. The van der Waals surface area contributed by atoms with E-state index in [2.05, 4.69) is 53.8 Å². The highest BCUT2D eigenvalue weighted by Crippen LogP contribution is 2.16. The summed E-state index contributed by atoms with van der Waals surface area (Å²) >= 11 is 0. The van der Waals surface area contributed by atoms with Gasteiger partial charge in [0.25, 0.3) is 0 Å². The molecule has 3 heteroatoms. The van der Waals surface area contributed by atoms with Gasteiger partial charge in [0.15, 0.2) is 0 Å². The van der Waals surface area contributed by atoms with Crippen molar-refractivity contribution in [2.45, 2.75) is 32.4 Å². The maximum atomic E-state index is 8.79. The molecule has 1 aromatic carbocycles. The Kier molecular flexibility index (Phi) is 6.25. The Balaban J connectivity index is 2.08. The Morgan fingerprint density at radius 2 is 2.19 bits per heavy atom. The van der Waals surface area contributed by atoms with E-state index in [4.69, 9.17) is 5.11 Å². The molecule has 0 radical (unpaired) electrons. The molecule has 1 aliphatic heterocycles. The molecule has 1 aromatic rings. The van der Waals surface area contributed by atoms with E-state index in [9.17, 15) is 0 Å².